The van der Waals surface area contributed by atoms with Crippen LogP contribution in [0.5, 0.6) is 0 Å². The van der Waals surface area contributed by atoms with E-state index in [4.69, 9.17) is 16.3 Å². The number of benzene rings is 2. The molecule has 0 unspecified atom stereocenters. The summed E-state index contributed by atoms with van der Waals surface area (Å²) in [5.74, 6) is -0.253. The zero-order chi connectivity index (χ0) is 16.9. The van der Waals surface area contributed by atoms with Gasteiger partial charge in [-0.3, -0.25) is 4.79 Å². The number of esters is 1. The lowest BCUT2D eigenvalue weighted by Gasteiger charge is -2.05. The van der Waals surface area contributed by atoms with Crippen molar-refractivity contribution in [1.29, 1.82) is 0 Å². The predicted octanol–water partition coefficient (Wildman–Crippen LogP) is 5.06. The molecule has 0 radical (unpaired) electrons. The van der Waals surface area contributed by atoms with Gasteiger partial charge in [-0.1, -0.05) is 54.1 Å². The number of carbonyl (C=O) groups is 1. The van der Waals surface area contributed by atoms with Crippen molar-refractivity contribution in [3.8, 4) is 10.6 Å². The SMILES string of the molecule is Cc1ccccc1CC(=O)OCc1csc(-c2ccccc2Cl)n1. The van der Waals surface area contributed by atoms with Crippen molar-refractivity contribution < 1.29 is 9.53 Å². The van der Waals surface area contributed by atoms with Gasteiger partial charge in [-0.25, -0.2) is 4.98 Å². The van der Waals surface area contributed by atoms with E-state index in [1.807, 2.05) is 60.8 Å². The summed E-state index contributed by atoms with van der Waals surface area (Å²) in [4.78, 5) is 16.5. The Kier molecular flexibility index (Phi) is 5.28. The second-order valence-corrected chi connectivity index (χ2v) is 6.65. The van der Waals surface area contributed by atoms with Gasteiger partial charge in [-0.05, 0) is 24.1 Å². The van der Waals surface area contributed by atoms with E-state index in [0.717, 1.165) is 27.4 Å². The summed E-state index contributed by atoms with van der Waals surface area (Å²) < 4.78 is 5.34. The highest BCUT2D eigenvalue weighted by Crippen LogP contribution is 2.30. The van der Waals surface area contributed by atoms with Crippen molar-refractivity contribution in [3.63, 3.8) is 0 Å². The molecule has 24 heavy (non-hydrogen) atoms. The van der Waals surface area contributed by atoms with Crippen LogP contribution >= 0.6 is 22.9 Å². The van der Waals surface area contributed by atoms with Crippen molar-refractivity contribution in [3.05, 3.63) is 75.8 Å². The third kappa shape index (κ3) is 4.02. The highest BCUT2D eigenvalue weighted by atomic mass is 35.5. The molecule has 2 aromatic carbocycles. The number of halogens is 1. The van der Waals surface area contributed by atoms with E-state index < -0.39 is 0 Å². The standard InChI is InChI=1S/C19H16ClNO2S/c1-13-6-2-3-7-14(13)10-18(22)23-11-15-12-24-19(21-15)16-8-4-5-9-17(16)20/h2-9,12H,10-11H2,1H3. The van der Waals surface area contributed by atoms with Crippen LogP contribution in [0.15, 0.2) is 53.9 Å². The summed E-state index contributed by atoms with van der Waals surface area (Å²) >= 11 is 7.67. The Balaban J connectivity index is 1.61. The minimum absolute atomic E-state index is 0.172. The minimum Gasteiger partial charge on any atom is -0.459 e. The van der Waals surface area contributed by atoms with Crippen LogP contribution in [0.1, 0.15) is 16.8 Å². The molecule has 1 aromatic heterocycles. The highest BCUT2D eigenvalue weighted by Gasteiger charge is 2.11. The smallest absolute Gasteiger partial charge is 0.310 e. The molecule has 5 heteroatoms. The molecule has 0 N–H and O–H groups in total. The molecule has 3 nitrogen and oxygen atoms in total. The number of hydrogen-bond donors (Lipinski definition) is 0. The van der Waals surface area contributed by atoms with Crippen LogP contribution in [0.2, 0.25) is 5.02 Å². The molecule has 0 atom stereocenters. The molecule has 0 bridgehead atoms. The molecule has 3 aromatic rings. The van der Waals surface area contributed by atoms with Gasteiger partial charge < -0.3 is 4.74 Å². The van der Waals surface area contributed by atoms with Gasteiger partial charge in [0.25, 0.3) is 0 Å². The number of carbonyl (C=O) groups excluding carboxylic acids is 1. The van der Waals surface area contributed by atoms with E-state index >= 15 is 0 Å². The molecule has 0 aliphatic carbocycles. The molecule has 3 rings (SSSR count). The molecule has 0 aliphatic rings. The van der Waals surface area contributed by atoms with Crippen molar-refractivity contribution in [2.75, 3.05) is 0 Å². The largest absolute Gasteiger partial charge is 0.459 e. The molecule has 122 valence electrons. The van der Waals surface area contributed by atoms with Gasteiger partial charge in [0.15, 0.2) is 0 Å². The number of ether oxygens (including phenoxy) is 1. The number of thiazole rings is 1. The monoisotopic (exact) mass is 357 g/mol. The summed E-state index contributed by atoms with van der Waals surface area (Å²) in [6, 6.07) is 15.4. The topological polar surface area (TPSA) is 39.2 Å². The third-order valence-corrected chi connectivity index (χ3v) is 4.89. The van der Waals surface area contributed by atoms with Crippen molar-refractivity contribution in [2.24, 2.45) is 0 Å². The fraction of sp³-hybridized carbons (Fsp3) is 0.158. The van der Waals surface area contributed by atoms with E-state index in [-0.39, 0.29) is 19.0 Å². The number of nitrogens with zero attached hydrogens (tertiary/aromatic N) is 1. The van der Waals surface area contributed by atoms with Gasteiger partial charge in [0.1, 0.15) is 11.6 Å². The van der Waals surface area contributed by atoms with E-state index in [9.17, 15) is 4.79 Å². The third-order valence-electron chi connectivity index (χ3n) is 3.63. The summed E-state index contributed by atoms with van der Waals surface area (Å²) in [5.41, 5.74) is 3.69. The summed E-state index contributed by atoms with van der Waals surface area (Å²) in [5, 5.41) is 3.38. The molecular formula is C19H16ClNO2S. The fourth-order valence-electron chi connectivity index (χ4n) is 2.30. The Hall–Kier alpha value is -2.17. The molecule has 0 spiro atoms. The van der Waals surface area contributed by atoms with Crippen LogP contribution in [-0.4, -0.2) is 11.0 Å². The van der Waals surface area contributed by atoms with Crippen LogP contribution < -0.4 is 0 Å². The molecule has 0 amide bonds. The first-order valence-electron chi connectivity index (χ1n) is 7.53. The minimum atomic E-state index is -0.253. The second kappa shape index (κ2) is 7.60. The first kappa shape index (κ1) is 16.7. The Bertz CT molecular complexity index is 860. The lowest BCUT2D eigenvalue weighted by molar-refractivity contribution is -0.144. The average molecular weight is 358 g/mol. The van der Waals surface area contributed by atoms with Crippen molar-refractivity contribution in [2.45, 2.75) is 20.0 Å². The Labute approximate surface area is 149 Å². The van der Waals surface area contributed by atoms with Gasteiger partial charge in [-0.15, -0.1) is 11.3 Å². The molecule has 0 aliphatic heterocycles. The quantitative estimate of drug-likeness (QED) is 0.599. The molecule has 0 saturated heterocycles. The zero-order valence-electron chi connectivity index (χ0n) is 13.2. The van der Waals surface area contributed by atoms with E-state index in [0.29, 0.717) is 5.02 Å². The molecule has 0 fully saturated rings. The Morgan fingerprint density at radius 1 is 1.17 bits per heavy atom. The highest BCUT2D eigenvalue weighted by molar-refractivity contribution is 7.13. The maximum atomic E-state index is 12.0. The Morgan fingerprint density at radius 3 is 2.71 bits per heavy atom. The van der Waals surface area contributed by atoms with Crippen LogP contribution in [0.4, 0.5) is 0 Å². The number of hydrogen-bond acceptors (Lipinski definition) is 4. The Morgan fingerprint density at radius 2 is 1.92 bits per heavy atom. The summed E-state index contributed by atoms with van der Waals surface area (Å²) in [6.07, 6.45) is 0.272. The maximum absolute atomic E-state index is 12.0. The first-order valence-corrected chi connectivity index (χ1v) is 8.78. The van der Waals surface area contributed by atoms with Crippen LogP contribution in [0, 0.1) is 6.92 Å². The number of aryl methyl sites for hydroxylation is 1. The second-order valence-electron chi connectivity index (χ2n) is 5.39. The number of aromatic nitrogens is 1. The van der Waals surface area contributed by atoms with Gasteiger partial charge in [0, 0.05) is 10.9 Å². The van der Waals surface area contributed by atoms with Gasteiger partial charge in [0.05, 0.1) is 17.1 Å². The van der Waals surface area contributed by atoms with Crippen molar-refractivity contribution in [1.82, 2.24) is 4.98 Å². The van der Waals surface area contributed by atoms with Crippen LogP contribution in [0.3, 0.4) is 0 Å². The molecule has 0 saturated carbocycles. The molecular weight excluding hydrogens is 342 g/mol. The fourth-order valence-corrected chi connectivity index (χ4v) is 3.43. The maximum Gasteiger partial charge on any atom is 0.310 e. The van der Waals surface area contributed by atoms with E-state index in [1.54, 1.807) is 0 Å². The van der Waals surface area contributed by atoms with Crippen LogP contribution in [-0.2, 0) is 22.6 Å². The van der Waals surface area contributed by atoms with Crippen LogP contribution in [0.25, 0.3) is 10.6 Å². The van der Waals surface area contributed by atoms with Gasteiger partial charge in [0.2, 0.25) is 0 Å². The average Bonchev–Trinajstić information content (AvgIpc) is 3.04. The lowest BCUT2D eigenvalue weighted by atomic mass is 10.1. The van der Waals surface area contributed by atoms with Crippen molar-refractivity contribution >= 4 is 28.9 Å². The van der Waals surface area contributed by atoms with Gasteiger partial charge in [-0.2, -0.15) is 0 Å². The summed E-state index contributed by atoms with van der Waals surface area (Å²) in [7, 11) is 0. The zero-order valence-corrected chi connectivity index (χ0v) is 14.7. The predicted molar refractivity (Wildman–Crippen MR) is 97.2 cm³/mol. The normalized spacial score (nSPS) is 10.6. The number of rotatable bonds is 5. The van der Waals surface area contributed by atoms with E-state index in [1.165, 1.54) is 11.3 Å². The lowest BCUT2D eigenvalue weighted by Crippen LogP contribution is -2.09. The van der Waals surface area contributed by atoms with Gasteiger partial charge >= 0.3 is 5.97 Å². The summed E-state index contributed by atoms with van der Waals surface area (Å²) in [6.45, 7) is 2.16. The molecule has 1 heterocycles. The first-order chi connectivity index (χ1) is 11.6. The van der Waals surface area contributed by atoms with E-state index in [2.05, 4.69) is 4.98 Å².